The molecule has 1 unspecified atom stereocenters. The van der Waals surface area contributed by atoms with Crippen molar-refractivity contribution in [1.82, 2.24) is 5.32 Å². The van der Waals surface area contributed by atoms with Crippen molar-refractivity contribution < 1.29 is 4.39 Å². The number of nitrogens with one attached hydrogen (secondary N) is 1. The summed E-state index contributed by atoms with van der Waals surface area (Å²) in [7, 11) is 0. The summed E-state index contributed by atoms with van der Waals surface area (Å²) in [5.41, 5.74) is 0. The third-order valence-electron chi connectivity index (χ3n) is 1.85. The fraction of sp³-hybridized carbons (Fsp3) is 0.455. The molecule has 0 saturated heterocycles. The highest BCUT2D eigenvalue weighted by atomic mass is 32.2. The number of rotatable bonds is 5. The normalized spacial score (nSPS) is 12.8. The Labute approximate surface area is 89.1 Å². The first kappa shape index (κ1) is 11.5. The van der Waals surface area contributed by atoms with E-state index in [0.29, 0.717) is 5.25 Å². The molecule has 14 heavy (non-hydrogen) atoms. The number of benzene rings is 1. The van der Waals surface area contributed by atoms with Gasteiger partial charge in [-0.1, -0.05) is 26.0 Å². The van der Waals surface area contributed by atoms with E-state index in [1.807, 2.05) is 12.1 Å². The summed E-state index contributed by atoms with van der Waals surface area (Å²) in [6.07, 6.45) is 0. The zero-order valence-electron chi connectivity index (χ0n) is 8.59. The summed E-state index contributed by atoms with van der Waals surface area (Å²) in [4.78, 5) is 0.734. The topological polar surface area (TPSA) is 12.0 Å². The molecule has 0 heterocycles. The molecule has 1 atom stereocenters. The maximum atomic E-state index is 13.2. The molecule has 0 aliphatic rings. The van der Waals surface area contributed by atoms with E-state index in [0.717, 1.165) is 18.0 Å². The van der Waals surface area contributed by atoms with Crippen LogP contribution in [0.1, 0.15) is 13.8 Å². The summed E-state index contributed by atoms with van der Waals surface area (Å²) in [6, 6.07) is 6.91. The molecule has 1 nitrogen and oxygen atoms in total. The molecule has 0 aliphatic heterocycles. The SMILES string of the molecule is CCNCC(C)Sc1ccccc1F. The number of hydrogen-bond acceptors (Lipinski definition) is 2. The van der Waals surface area contributed by atoms with Crippen LogP contribution in [-0.4, -0.2) is 18.3 Å². The van der Waals surface area contributed by atoms with Gasteiger partial charge in [0, 0.05) is 16.7 Å². The van der Waals surface area contributed by atoms with E-state index in [4.69, 9.17) is 0 Å². The Morgan fingerprint density at radius 2 is 2.14 bits per heavy atom. The minimum absolute atomic E-state index is 0.124. The van der Waals surface area contributed by atoms with E-state index in [9.17, 15) is 4.39 Å². The maximum Gasteiger partial charge on any atom is 0.136 e. The summed E-state index contributed by atoms with van der Waals surface area (Å²) >= 11 is 1.57. The molecule has 0 amide bonds. The van der Waals surface area contributed by atoms with Crippen LogP contribution in [0.5, 0.6) is 0 Å². The summed E-state index contributed by atoms with van der Waals surface area (Å²) < 4.78 is 13.2. The van der Waals surface area contributed by atoms with Crippen LogP contribution in [0.15, 0.2) is 29.2 Å². The zero-order chi connectivity index (χ0) is 10.4. The third kappa shape index (κ3) is 3.68. The molecule has 3 heteroatoms. The molecule has 1 N–H and O–H groups in total. The molecule has 0 fully saturated rings. The van der Waals surface area contributed by atoms with Gasteiger partial charge in [-0.25, -0.2) is 4.39 Å². The van der Waals surface area contributed by atoms with Crippen LogP contribution in [0.4, 0.5) is 4.39 Å². The highest BCUT2D eigenvalue weighted by Crippen LogP contribution is 2.25. The second-order valence-corrected chi connectivity index (χ2v) is 4.65. The van der Waals surface area contributed by atoms with Crippen LogP contribution in [0.3, 0.4) is 0 Å². The van der Waals surface area contributed by atoms with Crippen LogP contribution in [-0.2, 0) is 0 Å². The van der Waals surface area contributed by atoms with Crippen molar-refractivity contribution in [3.63, 3.8) is 0 Å². The van der Waals surface area contributed by atoms with Gasteiger partial charge < -0.3 is 5.32 Å². The van der Waals surface area contributed by atoms with Crippen molar-refractivity contribution in [1.29, 1.82) is 0 Å². The maximum absolute atomic E-state index is 13.2. The second kappa shape index (κ2) is 6.04. The highest BCUT2D eigenvalue weighted by Gasteiger charge is 2.06. The molecule has 0 aliphatic carbocycles. The number of halogens is 1. The average Bonchev–Trinajstić information content (AvgIpc) is 2.18. The van der Waals surface area contributed by atoms with Crippen molar-refractivity contribution in [3.8, 4) is 0 Å². The molecule has 1 aromatic carbocycles. The lowest BCUT2D eigenvalue weighted by Gasteiger charge is -2.11. The van der Waals surface area contributed by atoms with Crippen LogP contribution in [0.2, 0.25) is 0 Å². The van der Waals surface area contributed by atoms with Crippen molar-refractivity contribution in [2.45, 2.75) is 24.0 Å². The largest absolute Gasteiger partial charge is 0.316 e. The number of thioether (sulfide) groups is 1. The van der Waals surface area contributed by atoms with Gasteiger partial charge in [-0.2, -0.15) is 0 Å². The van der Waals surface area contributed by atoms with E-state index in [2.05, 4.69) is 19.2 Å². The lowest BCUT2D eigenvalue weighted by atomic mass is 10.3. The predicted molar refractivity (Wildman–Crippen MR) is 60.3 cm³/mol. The summed E-state index contributed by atoms with van der Waals surface area (Å²) in [5, 5.41) is 3.64. The van der Waals surface area contributed by atoms with Crippen molar-refractivity contribution >= 4 is 11.8 Å². The lowest BCUT2D eigenvalue weighted by molar-refractivity contribution is 0.601. The van der Waals surface area contributed by atoms with Gasteiger partial charge >= 0.3 is 0 Å². The Morgan fingerprint density at radius 1 is 1.43 bits per heavy atom. The van der Waals surface area contributed by atoms with Gasteiger partial charge in [0.05, 0.1) is 0 Å². The molecule has 0 bridgehead atoms. The zero-order valence-corrected chi connectivity index (χ0v) is 9.40. The third-order valence-corrected chi connectivity index (χ3v) is 3.00. The van der Waals surface area contributed by atoms with E-state index in [1.165, 1.54) is 6.07 Å². The first-order valence-electron chi connectivity index (χ1n) is 4.86. The van der Waals surface area contributed by atoms with Gasteiger partial charge in [0.2, 0.25) is 0 Å². The monoisotopic (exact) mass is 213 g/mol. The fourth-order valence-electron chi connectivity index (χ4n) is 1.15. The van der Waals surface area contributed by atoms with Gasteiger partial charge in [0.1, 0.15) is 5.82 Å². The standard InChI is InChI=1S/C11H16FNS/c1-3-13-8-9(2)14-11-7-5-4-6-10(11)12/h4-7,9,13H,3,8H2,1-2H3. The Balaban J connectivity index is 2.47. The van der Waals surface area contributed by atoms with Crippen LogP contribution in [0.25, 0.3) is 0 Å². The lowest BCUT2D eigenvalue weighted by Crippen LogP contribution is -2.22. The van der Waals surface area contributed by atoms with Crippen molar-refractivity contribution in [3.05, 3.63) is 30.1 Å². The smallest absolute Gasteiger partial charge is 0.136 e. The summed E-state index contributed by atoms with van der Waals surface area (Å²) in [5.74, 6) is -0.124. The Hall–Kier alpha value is -0.540. The van der Waals surface area contributed by atoms with E-state index in [-0.39, 0.29) is 5.82 Å². The molecular formula is C11H16FNS. The molecule has 0 spiro atoms. The molecule has 0 aromatic heterocycles. The quantitative estimate of drug-likeness (QED) is 0.755. The van der Waals surface area contributed by atoms with Crippen molar-refractivity contribution in [2.24, 2.45) is 0 Å². The van der Waals surface area contributed by atoms with Gasteiger partial charge in [0.25, 0.3) is 0 Å². The second-order valence-electron chi connectivity index (χ2n) is 3.17. The predicted octanol–water partition coefficient (Wildman–Crippen LogP) is 2.92. The molecule has 0 radical (unpaired) electrons. The summed E-state index contributed by atoms with van der Waals surface area (Å²) in [6.45, 7) is 6.04. The van der Waals surface area contributed by atoms with Gasteiger partial charge in [0.15, 0.2) is 0 Å². The highest BCUT2D eigenvalue weighted by molar-refractivity contribution is 8.00. The average molecular weight is 213 g/mol. The van der Waals surface area contributed by atoms with Gasteiger partial charge in [-0.15, -0.1) is 11.8 Å². The van der Waals surface area contributed by atoms with Crippen LogP contribution >= 0.6 is 11.8 Å². The Bertz CT molecular complexity index is 278. The molecular weight excluding hydrogens is 197 g/mol. The minimum atomic E-state index is -0.124. The van der Waals surface area contributed by atoms with E-state index >= 15 is 0 Å². The van der Waals surface area contributed by atoms with E-state index in [1.54, 1.807) is 17.8 Å². The molecule has 1 aromatic rings. The molecule has 78 valence electrons. The van der Waals surface area contributed by atoms with Gasteiger partial charge in [-0.3, -0.25) is 0 Å². The minimum Gasteiger partial charge on any atom is -0.316 e. The first-order valence-corrected chi connectivity index (χ1v) is 5.74. The molecule has 1 rings (SSSR count). The molecule has 0 saturated carbocycles. The Morgan fingerprint density at radius 3 is 2.79 bits per heavy atom. The van der Waals surface area contributed by atoms with E-state index < -0.39 is 0 Å². The number of hydrogen-bond donors (Lipinski definition) is 1. The van der Waals surface area contributed by atoms with Crippen molar-refractivity contribution in [2.75, 3.05) is 13.1 Å². The van der Waals surface area contributed by atoms with Gasteiger partial charge in [-0.05, 0) is 18.7 Å². The Kier molecular flexibility index (Phi) is 4.98. The van der Waals surface area contributed by atoms with Crippen LogP contribution in [0, 0.1) is 5.82 Å². The fourth-order valence-corrected chi connectivity index (χ4v) is 2.12. The first-order chi connectivity index (χ1) is 6.74. The van der Waals surface area contributed by atoms with Crippen LogP contribution < -0.4 is 5.32 Å².